The van der Waals surface area contributed by atoms with Gasteiger partial charge in [-0.05, 0) is 44.2 Å². The summed E-state index contributed by atoms with van der Waals surface area (Å²) in [5, 5.41) is 12.5. The van der Waals surface area contributed by atoms with Crippen LogP contribution in [0.3, 0.4) is 0 Å². The van der Waals surface area contributed by atoms with Crippen LogP contribution in [0.15, 0.2) is 22.8 Å². The summed E-state index contributed by atoms with van der Waals surface area (Å²) in [5.74, 6) is -1.07. The molecule has 0 aliphatic carbocycles. The van der Waals surface area contributed by atoms with Crippen LogP contribution in [0.4, 0.5) is 0 Å². The molecule has 0 saturated heterocycles. The van der Waals surface area contributed by atoms with Crippen molar-refractivity contribution >= 4 is 23.0 Å². The summed E-state index contributed by atoms with van der Waals surface area (Å²) in [5.41, 5.74) is 0.562. The normalized spacial score (nSPS) is 18.3. The van der Waals surface area contributed by atoms with E-state index in [0.29, 0.717) is 19.6 Å². The van der Waals surface area contributed by atoms with Gasteiger partial charge in [-0.3, -0.25) is 9.59 Å². The number of thiophene rings is 1. The van der Waals surface area contributed by atoms with E-state index in [4.69, 9.17) is 4.74 Å². The monoisotopic (exact) mass is 379 g/mol. The summed E-state index contributed by atoms with van der Waals surface area (Å²) in [6, 6.07) is 1.45. The van der Waals surface area contributed by atoms with E-state index in [1.54, 1.807) is 25.7 Å². The number of amides is 1. The highest BCUT2D eigenvalue weighted by molar-refractivity contribution is 7.10. The van der Waals surface area contributed by atoms with Crippen LogP contribution in [-0.4, -0.2) is 41.0 Å². The molecule has 0 spiro atoms. The second kappa shape index (κ2) is 7.92. The lowest BCUT2D eigenvalue weighted by atomic mass is 9.83. The minimum absolute atomic E-state index is 0.129. The van der Waals surface area contributed by atoms with Crippen molar-refractivity contribution in [2.24, 2.45) is 5.41 Å². The fraction of sp³-hybridized carbons (Fsp3) is 0.600. The predicted molar refractivity (Wildman–Crippen MR) is 103 cm³/mol. The van der Waals surface area contributed by atoms with Gasteiger partial charge in [-0.15, -0.1) is 11.3 Å². The first kappa shape index (κ1) is 20.6. The molecule has 1 aliphatic heterocycles. The molecule has 0 bridgehead atoms. The summed E-state index contributed by atoms with van der Waals surface area (Å²) in [7, 11) is 0. The van der Waals surface area contributed by atoms with E-state index < -0.39 is 23.1 Å². The molecule has 2 rings (SSSR count). The first-order chi connectivity index (χ1) is 12.1. The molecule has 5 nitrogen and oxygen atoms in total. The molecular weight excluding hydrogens is 350 g/mol. The smallest absolute Gasteiger partial charge is 0.290 e. The van der Waals surface area contributed by atoms with Crippen LogP contribution in [0.1, 0.15) is 57.5 Å². The summed E-state index contributed by atoms with van der Waals surface area (Å²) >= 11 is 1.51. The molecule has 1 aromatic heterocycles. The van der Waals surface area contributed by atoms with Gasteiger partial charge in [0.2, 0.25) is 0 Å². The van der Waals surface area contributed by atoms with Gasteiger partial charge in [0.15, 0.2) is 11.5 Å². The van der Waals surface area contributed by atoms with Crippen LogP contribution in [0.2, 0.25) is 0 Å². The van der Waals surface area contributed by atoms with Crippen LogP contribution in [0.5, 0.6) is 0 Å². The number of aliphatic hydroxyl groups is 1. The van der Waals surface area contributed by atoms with E-state index >= 15 is 0 Å². The largest absolute Gasteiger partial charge is 0.503 e. The summed E-state index contributed by atoms with van der Waals surface area (Å²) in [4.78, 5) is 28.2. The van der Waals surface area contributed by atoms with Crippen molar-refractivity contribution in [3.05, 3.63) is 33.2 Å². The zero-order chi connectivity index (χ0) is 19.6. The number of ketones is 1. The highest BCUT2D eigenvalue weighted by Crippen LogP contribution is 2.43. The Kier molecular flexibility index (Phi) is 6.29. The zero-order valence-corrected chi connectivity index (χ0v) is 17.3. The second-order valence-corrected chi connectivity index (χ2v) is 8.93. The van der Waals surface area contributed by atoms with Gasteiger partial charge in [0.1, 0.15) is 0 Å². The van der Waals surface area contributed by atoms with Gasteiger partial charge in [0, 0.05) is 23.4 Å². The number of ether oxygens (including phenoxy) is 1. The fourth-order valence-electron chi connectivity index (χ4n) is 3.01. The minimum atomic E-state index is -0.677. The van der Waals surface area contributed by atoms with Gasteiger partial charge < -0.3 is 14.7 Å². The lowest BCUT2D eigenvalue weighted by Gasteiger charge is -2.28. The summed E-state index contributed by atoms with van der Waals surface area (Å²) in [6.07, 6.45) is 0.777. The highest BCUT2D eigenvalue weighted by atomic mass is 32.1. The number of aliphatic hydroxyl groups excluding tert-OH is 1. The van der Waals surface area contributed by atoms with Crippen molar-refractivity contribution in [1.29, 1.82) is 0 Å². The lowest BCUT2D eigenvalue weighted by molar-refractivity contribution is -0.129. The second-order valence-electron chi connectivity index (χ2n) is 7.98. The van der Waals surface area contributed by atoms with Crippen LogP contribution >= 0.6 is 11.3 Å². The Hall–Kier alpha value is -1.66. The standard InChI is InChI=1S/C20H29NO4S/c1-12(2)25-10-7-9-21-15(17-13(3)8-11-26-17)14(16(22)19(21)24)18(23)20(4,5)6/h8,11-12,15,22H,7,9-10H2,1-6H3. The maximum atomic E-state index is 13.0. The fourth-order valence-corrected chi connectivity index (χ4v) is 4.06. The molecule has 1 aromatic rings. The first-order valence-corrected chi connectivity index (χ1v) is 9.88. The summed E-state index contributed by atoms with van der Waals surface area (Å²) < 4.78 is 5.56. The molecule has 1 atom stereocenters. The lowest BCUT2D eigenvalue weighted by Crippen LogP contribution is -2.34. The third-order valence-corrected chi connectivity index (χ3v) is 5.45. The number of nitrogens with zero attached hydrogens (tertiary/aromatic N) is 1. The molecule has 0 saturated carbocycles. The van der Waals surface area contributed by atoms with Crippen LogP contribution in [-0.2, 0) is 14.3 Å². The number of carbonyl (C=O) groups is 2. The number of hydrogen-bond acceptors (Lipinski definition) is 5. The van der Waals surface area contributed by atoms with Crippen LogP contribution < -0.4 is 0 Å². The van der Waals surface area contributed by atoms with Gasteiger partial charge in [0.25, 0.3) is 5.91 Å². The molecule has 2 heterocycles. The van der Waals surface area contributed by atoms with Crippen molar-refractivity contribution < 1.29 is 19.4 Å². The van der Waals surface area contributed by atoms with Crippen molar-refractivity contribution in [3.63, 3.8) is 0 Å². The SMILES string of the molecule is Cc1ccsc1C1C(C(=O)C(C)(C)C)=C(O)C(=O)N1CCCOC(C)C. The summed E-state index contributed by atoms with van der Waals surface area (Å²) in [6.45, 7) is 12.3. The molecule has 6 heteroatoms. The van der Waals surface area contributed by atoms with Crippen molar-refractivity contribution in [1.82, 2.24) is 4.90 Å². The van der Waals surface area contributed by atoms with E-state index in [1.165, 1.54) is 11.3 Å². The average Bonchev–Trinajstić information content (AvgIpc) is 3.05. The Bertz CT molecular complexity index is 712. The number of rotatable bonds is 7. The predicted octanol–water partition coefficient (Wildman–Crippen LogP) is 4.18. The molecule has 1 unspecified atom stereocenters. The topological polar surface area (TPSA) is 66.8 Å². The van der Waals surface area contributed by atoms with Gasteiger partial charge in [-0.2, -0.15) is 0 Å². The van der Waals surface area contributed by atoms with Gasteiger partial charge >= 0.3 is 0 Å². The molecule has 26 heavy (non-hydrogen) atoms. The first-order valence-electron chi connectivity index (χ1n) is 9.00. The number of hydrogen-bond donors (Lipinski definition) is 1. The maximum Gasteiger partial charge on any atom is 0.290 e. The van der Waals surface area contributed by atoms with Gasteiger partial charge in [-0.25, -0.2) is 0 Å². The molecule has 1 amide bonds. The number of Topliss-reactive ketones (excluding diaryl/α,β-unsaturated/α-hetero) is 1. The average molecular weight is 380 g/mol. The van der Waals surface area contributed by atoms with E-state index in [0.717, 1.165) is 10.4 Å². The van der Waals surface area contributed by atoms with Crippen molar-refractivity contribution in [3.8, 4) is 0 Å². The molecule has 0 fully saturated rings. The Morgan fingerprint density at radius 3 is 2.54 bits per heavy atom. The maximum absolute atomic E-state index is 13.0. The third-order valence-electron chi connectivity index (χ3n) is 4.37. The zero-order valence-electron chi connectivity index (χ0n) is 16.5. The van der Waals surface area contributed by atoms with Gasteiger partial charge in [0.05, 0.1) is 17.7 Å². The molecule has 0 aromatic carbocycles. The third kappa shape index (κ3) is 4.18. The molecule has 1 aliphatic rings. The Balaban J connectivity index is 2.36. The Morgan fingerprint density at radius 1 is 1.38 bits per heavy atom. The highest BCUT2D eigenvalue weighted by Gasteiger charge is 2.46. The Labute approximate surface area is 159 Å². The van der Waals surface area contributed by atoms with Crippen molar-refractivity contribution in [2.75, 3.05) is 13.2 Å². The number of carbonyl (C=O) groups excluding carboxylic acids is 2. The molecule has 144 valence electrons. The Morgan fingerprint density at radius 2 is 2.04 bits per heavy atom. The van der Waals surface area contributed by atoms with E-state index in [1.807, 2.05) is 32.2 Å². The molecule has 1 N–H and O–H groups in total. The van der Waals surface area contributed by atoms with E-state index in [2.05, 4.69) is 0 Å². The molecular formula is C20H29NO4S. The van der Waals surface area contributed by atoms with Crippen LogP contribution in [0.25, 0.3) is 0 Å². The van der Waals surface area contributed by atoms with Crippen LogP contribution in [0, 0.1) is 12.3 Å². The number of aryl methyl sites for hydroxylation is 1. The van der Waals surface area contributed by atoms with Gasteiger partial charge in [-0.1, -0.05) is 20.8 Å². The van der Waals surface area contributed by atoms with Crippen molar-refractivity contribution in [2.45, 2.75) is 60.1 Å². The minimum Gasteiger partial charge on any atom is -0.503 e. The van der Waals surface area contributed by atoms with E-state index in [-0.39, 0.29) is 17.5 Å². The quantitative estimate of drug-likeness (QED) is 0.722. The van der Waals surface area contributed by atoms with E-state index in [9.17, 15) is 14.7 Å². The molecule has 0 radical (unpaired) electrons.